The van der Waals surface area contributed by atoms with Gasteiger partial charge in [0.05, 0.1) is 7.11 Å². The number of allylic oxidation sites excluding steroid dienone is 9. The zero-order chi connectivity index (χ0) is 17.5. The fourth-order valence-corrected chi connectivity index (χ4v) is 2.22. The SMILES string of the molecule is C=C(C)C(=C)/C=C\C(=C)C1=CC=C(Oc2ccc(OC)cc2)CC1. The minimum atomic E-state index is 0.815. The summed E-state index contributed by atoms with van der Waals surface area (Å²) in [6.07, 6.45) is 9.79. The van der Waals surface area contributed by atoms with Crippen LogP contribution >= 0.6 is 0 Å². The molecule has 0 radical (unpaired) electrons. The highest BCUT2D eigenvalue weighted by Gasteiger charge is 2.10. The van der Waals surface area contributed by atoms with E-state index in [1.807, 2.05) is 49.4 Å². The molecule has 0 aromatic heterocycles. The molecule has 124 valence electrons. The summed E-state index contributed by atoms with van der Waals surface area (Å²) in [6, 6.07) is 7.59. The normalized spacial score (nSPS) is 13.9. The molecule has 0 N–H and O–H groups in total. The van der Waals surface area contributed by atoms with Gasteiger partial charge in [-0.2, -0.15) is 0 Å². The largest absolute Gasteiger partial charge is 0.497 e. The molecule has 0 unspecified atom stereocenters. The lowest BCUT2D eigenvalue weighted by Crippen LogP contribution is -2.01. The average Bonchev–Trinajstić information content (AvgIpc) is 2.60. The van der Waals surface area contributed by atoms with Crippen molar-refractivity contribution in [3.8, 4) is 11.5 Å². The molecule has 24 heavy (non-hydrogen) atoms. The van der Waals surface area contributed by atoms with Crippen molar-refractivity contribution < 1.29 is 9.47 Å². The third-order valence-corrected chi connectivity index (χ3v) is 3.87. The van der Waals surface area contributed by atoms with E-state index in [0.29, 0.717) is 0 Å². The van der Waals surface area contributed by atoms with Crippen LogP contribution in [-0.2, 0) is 0 Å². The van der Waals surface area contributed by atoms with Gasteiger partial charge in [-0.3, -0.25) is 0 Å². The third kappa shape index (κ3) is 4.88. The predicted octanol–water partition coefficient (Wildman–Crippen LogP) is 5.92. The first-order valence-corrected chi connectivity index (χ1v) is 7.93. The molecule has 2 heteroatoms. The molecule has 1 aromatic carbocycles. The van der Waals surface area contributed by atoms with Crippen molar-refractivity contribution in [2.24, 2.45) is 0 Å². The van der Waals surface area contributed by atoms with Gasteiger partial charge in [0.1, 0.15) is 17.3 Å². The van der Waals surface area contributed by atoms with Crippen LogP contribution in [0.15, 0.2) is 96.4 Å². The monoisotopic (exact) mass is 320 g/mol. The Morgan fingerprint density at radius 1 is 0.958 bits per heavy atom. The Hall–Kier alpha value is -2.74. The first-order valence-electron chi connectivity index (χ1n) is 7.93. The third-order valence-electron chi connectivity index (χ3n) is 3.87. The summed E-state index contributed by atoms with van der Waals surface area (Å²) >= 11 is 0. The van der Waals surface area contributed by atoms with E-state index in [4.69, 9.17) is 9.47 Å². The van der Waals surface area contributed by atoms with Gasteiger partial charge in [-0.25, -0.2) is 0 Å². The van der Waals surface area contributed by atoms with E-state index in [1.54, 1.807) is 7.11 Å². The van der Waals surface area contributed by atoms with Gasteiger partial charge >= 0.3 is 0 Å². The standard InChI is InChI=1S/C22H24O2/c1-16(2)17(3)6-7-18(4)19-8-10-21(11-9-19)24-22-14-12-20(23-5)13-15-22/h6-8,10,12-15H,1,3-4,9,11H2,2,5H3/b7-6-. The summed E-state index contributed by atoms with van der Waals surface area (Å²) in [5, 5.41) is 0. The Morgan fingerprint density at radius 3 is 2.17 bits per heavy atom. The van der Waals surface area contributed by atoms with E-state index in [1.165, 1.54) is 5.57 Å². The topological polar surface area (TPSA) is 18.5 Å². The molecule has 0 aliphatic heterocycles. The highest BCUT2D eigenvalue weighted by atomic mass is 16.5. The number of methoxy groups -OCH3 is 1. The zero-order valence-corrected chi connectivity index (χ0v) is 14.5. The molecule has 0 heterocycles. The fourth-order valence-electron chi connectivity index (χ4n) is 2.22. The van der Waals surface area contributed by atoms with Gasteiger partial charge in [-0.15, -0.1) is 0 Å². The van der Waals surface area contributed by atoms with Crippen LogP contribution in [0, 0.1) is 0 Å². The second-order valence-electron chi connectivity index (χ2n) is 5.77. The molecular weight excluding hydrogens is 296 g/mol. The molecule has 0 saturated carbocycles. The number of ether oxygens (including phenoxy) is 2. The van der Waals surface area contributed by atoms with Crippen LogP contribution in [0.25, 0.3) is 0 Å². The van der Waals surface area contributed by atoms with Crippen molar-refractivity contribution in [3.05, 3.63) is 96.4 Å². The fraction of sp³-hybridized carbons (Fsp3) is 0.182. The van der Waals surface area contributed by atoms with E-state index in [-0.39, 0.29) is 0 Å². The van der Waals surface area contributed by atoms with Crippen LogP contribution in [0.3, 0.4) is 0 Å². The summed E-state index contributed by atoms with van der Waals surface area (Å²) < 4.78 is 11.0. The van der Waals surface area contributed by atoms with E-state index >= 15 is 0 Å². The van der Waals surface area contributed by atoms with Crippen LogP contribution in [0.1, 0.15) is 19.8 Å². The summed E-state index contributed by atoms with van der Waals surface area (Å²) in [5.74, 6) is 2.59. The quantitative estimate of drug-likeness (QED) is 0.580. The Kier molecular flexibility index (Phi) is 6.02. The van der Waals surface area contributed by atoms with Crippen LogP contribution in [0.4, 0.5) is 0 Å². The molecule has 2 nitrogen and oxygen atoms in total. The van der Waals surface area contributed by atoms with Crippen molar-refractivity contribution in [3.63, 3.8) is 0 Å². The Bertz CT molecular complexity index is 728. The lowest BCUT2D eigenvalue weighted by molar-refractivity contribution is 0.395. The molecule has 2 rings (SSSR count). The number of benzene rings is 1. The average molecular weight is 320 g/mol. The number of hydrogen-bond acceptors (Lipinski definition) is 2. The molecule has 0 bridgehead atoms. The van der Waals surface area contributed by atoms with E-state index in [2.05, 4.69) is 25.8 Å². The lowest BCUT2D eigenvalue weighted by Gasteiger charge is -2.16. The zero-order valence-electron chi connectivity index (χ0n) is 14.5. The maximum atomic E-state index is 5.90. The van der Waals surface area contributed by atoms with E-state index in [9.17, 15) is 0 Å². The highest BCUT2D eigenvalue weighted by molar-refractivity contribution is 5.46. The molecule has 0 atom stereocenters. The minimum absolute atomic E-state index is 0.815. The van der Waals surface area contributed by atoms with Crippen molar-refractivity contribution >= 4 is 0 Å². The summed E-state index contributed by atoms with van der Waals surface area (Å²) in [6.45, 7) is 13.9. The first-order chi connectivity index (χ1) is 11.5. The van der Waals surface area contributed by atoms with Crippen molar-refractivity contribution in [1.82, 2.24) is 0 Å². The van der Waals surface area contributed by atoms with Gasteiger partial charge in [0, 0.05) is 6.42 Å². The number of rotatable bonds is 7. The van der Waals surface area contributed by atoms with Gasteiger partial charge < -0.3 is 9.47 Å². The van der Waals surface area contributed by atoms with Gasteiger partial charge in [0.2, 0.25) is 0 Å². The lowest BCUT2D eigenvalue weighted by atomic mass is 9.96. The Labute approximate surface area is 144 Å². The van der Waals surface area contributed by atoms with Crippen LogP contribution in [-0.4, -0.2) is 7.11 Å². The van der Waals surface area contributed by atoms with Crippen molar-refractivity contribution in [2.45, 2.75) is 19.8 Å². The molecule has 1 aliphatic carbocycles. The second-order valence-corrected chi connectivity index (χ2v) is 5.77. The van der Waals surface area contributed by atoms with E-state index < -0.39 is 0 Å². The minimum Gasteiger partial charge on any atom is -0.497 e. The maximum absolute atomic E-state index is 5.90. The van der Waals surface area contributed by atoms with Gasteiger partial charge in [0.25, 0.3) is 0 Å². The molecular formula is C22H24O2. The highest BCUT2D eigenvalue weighted by Crippen LogP contribution is 2.27. The summed E-state index contributed by atoms with van der Waals surface area (Å²) in [7, 11) is 1.65. The molecule has 0 spiro atoms. The molecule has 0 saturated heterocycles. The number of hydrogen-bond donors (Lipinski definition) is 0. The molecule has 0 amide bonds. The van der Waals surface area contributed by atoms with Crippen LogP contribution in [0.5, 0.6) is 11.5 Å². The van der Waals surface area contributed by atoms with Crippen LogP contribution in [0.2, 0.25) is 0 Å². The molecule has 1 aromatic rings. The predicted molar refractivity (Wildman–Crippen MR) is 101 cm³/mol. The van der Waals surface area contributed by atoms with Gasteiger partial charge in [0.15, 0.2) is 0 Å². The van der Waals surface area contributed by atoms with Crippen molar-refractivity contribution in [2.75, 3.05) is 7.11 Å². The summed E-state index contributed by atoms with van der Waals surface area (Å²) in [4.78, 5) is 0. The van der Waals surface area contributed by atoms with Gasteiger partial charge in [-0.1, -0.05) is 43.5 Å². The smallest absolute Gasteiger partial charge is 0.127 e. The second kappa shape index (κ2) is 8.21. The summed E-state index contributed by atoms with van der Waals surface area (Å²) in [5.41, 5.74) is 4.10. The van der Waals surface area contributed by atoms with Gasteiger partial charge in [-0.05, 0) is 60.4 Å². The van der Waals surface area contributed by atoms with Crippen LogP contribution < -0.4 is 9.47 Å². The van der Waals surface area contributed by atoms with E-state index in [0.717, 1.165) is 46.8 Å². The Morgan fingerprint density at radius 2 is 1.62 bits per heavy atom. The Balaban J connectivity index is 1.98. The van der Waals surface area contributed by atoms with Crippen molar-refractivity contribution in [1.29, 1.82) is 0 Å². The maximum Gasteiger partial charge on any atom is 0.127 e. The molecule has 1 aliphatic rings. The molecule has 0 fully saturated rings. The first kappa shape index (κ1) is 17.6.